The maximum absolute atomic E-state index is 12.0. The molecule has 1 fully saturated rings. The Bertz CT molecular complexity index is 667. The average Bonchev–Trinajstić information content (AvgIpc) is 2.67. The number of sulfonamides is 1. The Hall–Kier alpha value is -1.13. The Balaban J connectivity index is 2.26. The van der Waals surface area contributed by atoms with Crippen molar-refractivity contribution in [3.63, 3.8) is 0 Å². The lowest BCUT2D eigenvalue weighted by Gasteiger charge is -2.19. The van der Waals surface area contributed by atoms with Crippen LogP contribution in [-0.4, -0.2) is 43.8 Å². The van der Waals surface area contributed by atoms with Crippen LogP contribution in [0.1, 0.15) is 6.42 Å². The summed E-state index contributed by atoms with van der Waals surface area (Å²) in [7, 11) is -5.34. The summed E-state index contributed by atoms with van der Waals surface area (Å²) in [5.74, 6) is -0.976. The van der Waals surface area contributed by atoms with Crippen molar-refractivity contribution in [1.29, 1.82) is 0 Å². The van der Waals surface area contributed by atoms with Crippen molar-refractivity contribution in [2.75, 3.05) is 17.2 Å². The lowest BCUT2D eigenvalue weighted by Crippen LogP contribution is -2.32. The van der Waals surface area contributed by atoms with Gasteiger partial charge in [0.1, 0.15) is 0 Å². The van der Waals surface area contributed by atoms with Crippen LogP contribution in [0.5, 0.6) is 0 Å². The lowest BCUT2D eigenvalue weighted by molar-refractivity contribution is -0.117. The van der Waals surface area contributed by atoms with E-state index in [9.17, 15) is 13.2 Å². The lowest BCUT2D eigenvalue weighted by atomic mass is 9.80. The summed E-state index contributed by atoms with van der Waals surface area (Å²) < 4.78 is 22.2. The highest BCUT2D eigenvalue weighted by molar-refractivity contribution is 7.89. The molecule has 1 aromatic carbocycles. The summed E-state index contributed by atoms with van der Waals surface area (Å²) in [6, 6.07) is 4.27. The molecule has 0 bridgehead atoms. The maximum Gasteiger partial charge on any atom is 0.488 e. The molecule has 1 saturated heterocycles. The third-order valence-corrected chi connectivity index (χ3v) is 4.49. The first-order valence-electron chi connectivity index (χ1n) is 6.14. The number of hydrogen-bond acceptors (Lipinski definition) is 5. The van der Waals surface area contributed by atoms with Crippen LogP contribution in [0, 0.1) is 5.92 Å². The van der Waals surface area contributed by atoms with Crippen LogP contribution in [-0.2, 0) is 14.8 Å². The summed E-state index contributed by atoms with van der Waals surface area (Å²) in [5.41, 5.74) is 0.515. The molecule has 1 aromatic rings. The van der Waals surface area contributed by atoms with Crippen LogP contribution in [0.25, 0.3) is 0 Å². The van der Waals surface area contributed by atoms with E-state index in [1.807, 2.05) is 0 Å². The van der Waals surface area contributed by atoms with E-state index < -0.39 is 23.1 Å². The molecule has 21 heavy (non-hydrogen) atoms. The highest BCUT2D eigenvalue weighted by atomic mass is 35.5. The fourth-order valence-electron chi connectivity index (χ4n) is 2.35. The van der Waals surface area contributed by atoms with E-state index >= 15 is 0 Å². The molecule has 0 aliphatic carbocycles. The zero-order valence-electron chi connectivity index (χ0n) is 10.9. The molecule has 2 rings (SSSR count). The number of primary sulfonamides is 1. The minimum Gasteiger partial charge on any atom is -0.423 e. The summed E-state index contributed by atoms with van der Waals surface area (Å²) >= 11 is 6.03. The first-order valence-corrected chi connectivity index (χ1v) is 8.23. The molecule has 1 unspecified atom stereocenters. The highest BCUT2D eigenvalue weighted by Gasteiger charge is 2.34. The first kappa shape index (κ1) is 16.2. The standard InChI is InChI=1S/C11H14BClN2O5S/c13-9-2-1-8(12(17)18)4-10(9)15-5-7(3-11(15)16)6-21(14,19)20/h1-2,4,7,17-18H,3,5-6H2,(H2,14,19,20). The zero-order chi connectivity index (χ0) is 15.8. The Morgan fingerprint density at radius 3 is 2.67 bits per heavy atom. The number of carbonyl (C=O) groups excluding carboxylic acids is 1. The van der Waals surface area contributed by atoms with Crippen LogP contribution in [0.3, 0.4) is 0 Å². The second-order valence-corrected chi connectivity index (χ2v) is 7.05. The molecule has 1 amide bonds. The van der Waals surface area contributed by atoms with Crippen molar-refractivity contribution in [2.45, 2.75) is 6.42 Å². The number of benzene rings is 1. The van der Waals surface area contributed by atoms with Gasteiger partial charge in [-0.3, -0.25) is 4.79 Å². The normalized spacial score (nSPS) is 19.1. The van der Waals surface area contributed by atoms with Gasteiger partial charge < -0.3 is 14.9 Å². The molecule has 7 nitrogen and oxygen atoms in total. The quantitative estimate of drug-likeness (QED) is 0.589. The van der Waals surface area contributed by atoms with Gasteiger partial charge in [-0.25, -0.2) is 13.6 Å². The fourth-order valence-corrected chi connectivity index (χ4v) is 3.45. The van der Waals surface area contributed by atoms with Gasteiger partial charge in [-0.2, -0.15) is 0 Å². The SMILES string of the molecule is NS(=O)(=O)CC1CC(=O)N(c2cc(B(O)O)ccc2Cl)C1. The van der Waals surface area contributed by atoms with Crippen LogP contribution in [0.4, 0.5) is 5.69 Å². The summed E-state index contributed by atoms with van der Waals surface area (Å²) in [6.07, 6.45) is 0.0542. The van der Waals surface area contributed by atoms with E-state index in [4.69, 9.17) is 26.8 Å². The van der Waals surface area contributed by atoms with Gasteiger partial charge in [0.15, 0.2) is 0 Å². The smallest absolute Gasteiger partial charge is 0.423 e. The van der Waals surface area contributed by atoms with Crippen molar-refractivity contribution in [3.05, 3.63) is 23.2 Å². The molecule has 1 aliphatic heterocycles. The Kier molecular flexibility index (Phi) is 4.59. The molecule has 1 atom stereocenters. The van der Waals surface area contributed by atoms with Crippen LogP contribution < -0.4 is 15.5 Å². The number of nitrogens with zero attached hydrogens (tertiary/aromatic N) is 1. The predicted octanol–water partition coefficient (Wildman–Crippen LogP) is -1.34. The summed E-state index contributed by atoms with van der Waals surface area (Å²) in [5, 5.41) is 23.6. The van der Waals surface area contributed by atoms with E-state index in [-0.39, 0.29) is 35.1 Å². The van der Waals surface area contributed by atoms with Gasteiger partial charge in [0.2, 0.25) is 15.9 Å². The number of anilines is 1. The molecule has 10 heteroatoms. The van der Waals surface area contributed by atoms with Gasteiger partial charge in [0, 0.05) is 18.9 Å². The van der Waals surface area contributed by atoms with E-state index in [0.29, 0.717) is 5.69 Å². The number of hydrogen-bond donors (Lipinski definition) is 3. The minimum absolute atomic E-state index is 0.0542. The molecule has 1 heterocycles. The Morgan fingerprint density at radius 1 is 1.43 bits per heavy atom. The second-order valence-electron chi connectivity index (χ2n) is 4.99. The second kappa shape index (κ2) is 5.94. The minimum atomic E-state index is -3.66. The van der Waals surface area contributed by atoms with Gasteiger partial charge in [-0.1, -0.05) is 17.7 Å². The van der Waals surface area contributed by atoms with Gasteiger partial charge >= 0.3 is 7.12 Å². The zero-order valence-corrected chi connectivity index (χ0v) is 12.5. The third-order valence-electron chi connectivity index (χ3n) is 3.23. The predicted molar refractivity (Wildman–Crippen MR) is 79.7 cm³/mol. The Morgan fingerprint density at radius 2 is 2.10 bits per heavy atom. The summed E-state index contributed by atoms with van der Waals surface area (Å²) in [4.78, 5) is 13.3. The van der Waals surface area contributed by atoms with Gasteiger partial charge in [-0.05, 0) is 17.6 Å². The number of nitrogens with two attached hydrogens (primary N) is 1. The van der Waals surface area contributed by atoms with Crippen LogP contribution in [0.15, 0.2) is 18.2 Å². The van der Waals surface area contributed by atoms with E-state index in [1.165, 1.54) is 23.1 Å². The average molecular weight is 333 g/mol. The number of carbonyl (C=O) groups is 1. The van der Waals surface area contributed by atoms with Crippen molar-refractivity contribution in [1.82, 2.24) is 0 Å². The number of amides is 1. The van der Waals surface area contributed by atoms with Gasteiger partial charge in [-0.15, -0.1) is 0 Å². The third kappa shape index (κ3) is 3.95. The maximum atomic E-state index is 12.0. The number of rotatable bonds is 4. The van der Waals surface area contributed by atoms with E-state index in [1.54, 1.807) is 0 Å². The van der Waals surface area contributed by atoms with Crippen molar-refractivity contribution < 1.29 is 23.3 Å². The molecular weight excluding hydrogens is 318 g/mol. The van der Waals surface area contributed by atoms with Gasteiger partial charge in [0.05, 0.1) is 16.5 Å². The van der Waals surface area contributed by atoms with Crippen LogP contribution in [0.2, 0.25) is 5.02 Å². The molecule has 114 valence electrons. The first-order chi connectivity index (χ1) is 9.67. The summed E-state index contributed by atoms with van der Waals surface area (Å²) in [6.45, 7) is 0.167. The van der Waals surface area contributed by atoms with Crippen molar-refractivity contribution >= 4 is 45.8 Å². The van der Waals surface area contributed by atoms with Crippen molar-refractivity contribution in [3.8, 4) is 0 Å². The molecule has 0 aromatic heterocycles. The topological polar surface area (TPSA) is 121 Å². The molecule has 1 aliphatic rings. The monoisotopic (exact) mass is 332 g/mol. The Labute approximate surface area is 127 Å². The molecule has 0 spiro atoms. The van der Waals surface area contributed by atoms with E-state index in [0.717, 1.165) is 0 Å². The van der Waals surface area contributed by atoms with Gasteiger partial charge in [0.25, 0.3) is 0 Å². The van der Waals surface area contributed by atoms with E-state index in [2.05, 4.69) is 0 Å². The molecule has 4 N–H and O–H groups in total. The largest absolute Gasteiger partial charge is 0.488 e. The van der Waals surface area contributed by atoms with Crippen LogP contribution >= 0.6 is 11.6 Å². The fraction of sp³-hybridized carbons (Fsp3) is 0.364. The highest BCUT2D eigenvalue weighted by Crippen LogP contribution is 2.30. The molecular formula is C11H14BClN2O5S. The molecule has 0 saturated carbocycles. The molecule has 0 radical (unpaired) electrons. The number of halogens is 1. The van der Waals surface area contributed by atoms with Crippen molar-refractivity contribution in [2.24, 2.45) is 11.1 Å².